The number of nitrogens with zero attached hydrogens (tertiary/aromatic N) is 1. The number of rotatable bonds is 1. The lowest BCUT2D eigenvalue weighted by Crippen LogP contribution is -2.49. The maximum Gasteiger partial charge on any atom is 0.0470 e. The third kappa shape index (κ3) is 2.86. The van der Waals surface area contributed by atoms with Gasteiger partial charge in [0.15, 0.2) is 0 Å². The lowest BCUT2D eigenvalue weighted by Gasteiger charge is -2.40. The van der Waals surface area contributed by atoms with Crippen LogP contribution in [0.1, 0.15) is 31.9 Å². The molecule has 1 aromatic carbocycles. The number of hydrogen-bond acceptors (Lipinski definition) is 2. The van der Waals surface area contributed by atoms with Crippen LogP contribution in [0.3, 0.4) is 0 Å². The molecule has 18 heavy (non-hydrogen) atoms. The molecule has 0 amide bonds. The fourth-order valence-electron chi connectivity index (χ4n) is 2.90. The van der Waals surface area contributed by atoms with Crippen molar-refractivity contribution in [3.8, 4) is 0 Å². The molecule has 1 unspecified atom stereocenters. The molecule has 2 heteroatoms. The summed E-state index contributed by atoms with van der Waals surface area (Å²) in [4.78, 5) is 2.57. The van der Waals surface area contributed by atoms with E-state index in [-0.39, 0.29) is 5.54 Å². The third-order valence-electron chi connectivity index (χ3n) is 3.79. The topological polar surface area (TPSA) is 15.3 Å². The van der Waals surface area contributed by atoms with E-state index in [1.807, 2.05) is 0 Å². The smallest absolute Gasteiger partial charge is 0.0470 e. The Labute approximate surface area is 111 Å². The van der Waals surface area contributed by atoms with E-state index in [0.717, 1.165) is 19.6 Å². The van der Waals surface area contributed by atoms with Crippen molar-refractivity contribution in [2.24, 2.45) is 5.92 Å². The lowest BCUT2D eigenvalue weighted by atomic mass is 10.00. The summed E-state index contributed by atoms with van der Waals surface area (Å²) < 4.78 is 0. The van der Waals surface area contributed by atoms with Gasteiger partial charge in [-0.2, -0.15) is 0 Å². The van der Waals surface area contributed by atoms with E-state index < -0.39 is 0 Å². The first kappa shape index (κ1) is 13.4. The van der Waals surface area contributed by atoms with E-state index in [4.69, 9.17) is 0 Å². The highest BCUT2D eigenvalue weighted by Crippen LogP contribution is 2.28. The number of nitrogens with one attached hydrogen (secondary N) is 1. The second-order valence-electron chi connectivity index (χ2n) is 6.51. The zero-order valence-corrected chi connectivity index (χ0v) is 12.4. The molecule has 2 nitrogen and oxygen atoms in total. The molecular formula is C16H26N2. The minimum atomic E-state index is 0.172. The van der Waals surface area contributed by atoms with E-state index in [2.05, 4.69) is 63.0 Å². The van der Waals surface area contributed by atoms with Crippen molar-refractivity contribution < 1.29 is 0 Å². The molecule has 2 rings (SSSR count). The van der Waals surface area contributed by atoms with Crippen molar-refractivity contribution in [2.45, 2.75) is 40.2 Å². The Hall–Kier alpha value is -1.02. The lowest BCUT2D eigenvalue weighted by molar-refractivity contribution is 0.460. The number of hydrogen-bond donors (Lipinski definition) is 1. The SMILES string of the molecule is Cc1cc(C)cc(N2CC(C)CNCC2(C)C)c1. The highest BCUT2D eigenvalue weighted by molar-refractivity contribution is 5.53. The van der Waals surface area contributed by atoms with Gasteiger partial charge >= 0.3 is 0 Å². The molecule has 0 aromatic heterocycles. The normalized spacial score (nSPS) is 23.8. The summed E-state index contributed by atoms with van der Waals surface area (Å²) in [6, 6.07) is 6.87. The van der Waals surface area contributed by atoms with Crippen LogP contribution < -0.4 is 10.2 Å². The predicted octanol–water partition coefficient (Wildman–Crippen LogP) is 3.13. The van der Waals surface area contributed by atoms with Gasteiger partial charge in [-0.15, -0.1) is 0 Å². The second-order valence-corrected chi connectivity index (χ2v) is 6.51. The molecule has 1 atom stereocenters. The first-order valence-electron chi connectivity index (χ1n) is 6.95. The molecule has 0 aliphatic carbocycles. The Bertz CT molecular complexity index is 403. The van der Waals surface area contributed by atoms with E-state index >= 15 is 0 Å². The molecule has 0 radical (unpaired) electrons. The number of anilines is 1. The zero-order chi connectivity index (χ0) is 13.3. The van der Waals surface area contributed by atoms with Crippen LogP contribution in [-0.4, -0.2) is 25.2 Å². The Morgan fingerprint density at radius 1 is 1.17 bits per heavy atom. The highest BCUT2D eigenvalue weighted by atomic mass is 15.2. The average molecular weight is 246 g/mol. The van der Waals surface area contributed by atoms with Crippen LogP contribution in [-0.2, 0) is 0 Å². The second kappa shape index (κ2) is 4.93. The molecule has 1 aliphatic heterocycles. The van der Waals surface area contributed by atoms with Gasteiger partial charge in [0, 0.05) is 24.3 Å². The van der Waals surface area contributed by atoms with Gasteiger partial charge in [0.05, 0.1) is 0 Å². The van der Waals surface area contributed by atoms with Crippen molar-refractivity contribution in [1.29, 1.82) is 0 Å². The molecule has 1 aromatic rings. The van der Waals surface area contributed by atoms with Crippen LogP contribution in [0.25, 0.3) is 0 Å². The molecule has 1 aliphatic rings. The van der Waals surface area contributed by atoms with Crippen molar-refractivity contribution in [2.75, 3.05) is 24.5 Å². The third-order valence-corrected chi connectivity index (χ3v) is 3.79. The summed E-state index contributed by atoms with van der Waals surface area (Å²) in [5, 5.41) is 3.57. The van der Waals surface area contributed by atoms with Crippen LogP contribution in [0.4, 0.5) is 5.69 Å². The molecule has 0 spiro atoms. The van der Waals surface area contributed by atoms with E-state index in [0.29, 0.717) is 5.92 Å². The molecule has 1 fully saturated rings. The summed E-state index contributed by atoms with van der Waals surface area (Å²) >= 11 is 0. The van der Waals surface area contributed by atoms with Crippen LogP contribution >= 0.6 is 0 Å². The maximum atomic E-state index is 3.57. The van der Waals surface area contributed by atoms with Crippen molar-refractivity contribution >= 4 is 5.69 Å². The van der Waals surface area contributed by atoms with E-state index in [9.17, 15) is 0 Å². The minimum absolute atomic E-state index is 0.172. The van der Waals surface area contributed by atoms with Crippen molar-refractivity contribution in [3.63, 3.8) is 0 Å². The number of aryl methyl sites for hydroxylation is 2. The molecule has 1 N–H and O–H groups in total. The monoisotopic (exact) mass is 246 g/mol. The summed E-state index contributed by atoms with van der Waals surface area (Å²) in [6.45, 7) is 14.6. The summed E-state index contributed by atoms with van der Waals surface area (Å²) in [5.41, 5.74) is 4.25. The average Bonchev–Trinajstić information content (AvgIpc) is 2.36. The molecular weight excluding hydrogens is 220 g/mol. The Morgan fingerprint density at radius 2 is 1.78 bits per heavy atom. The summed E-state index contributed by atoms with van der Waals surface area (Å²) in [7, 11) is 0. The van der Waals surface area contributed by atoms with Crippen LogP contribution in [0.2, 0.25) is 0 Å². The molecule has 1 saturated heterocycles. The van der Waals surface area contributed by atoms with E-state index in [1.54, 1.807) is 0 Å². The van der Waals surface area contributed by atoms with Crippen LogP contribution in [0.15, 0.2) is 18.2 Å². The highest BCUT2D eigenvalue weighted by Gasteiger charge is 2.30. The molecule has 1 heterocycles. The van der Waals surface area contributed by atoms with Gasteiger partial charge in [-0.3, -0.25) is 0 Å². The molecule has 0 bridgehead atoms. The standard InChI is InChI=1S/C16H26N2/c1-12-6-13(2)8-15(7-12)18-10-14(3)9-17-11-16(18,4)5/h6-8,14,17H,9-11H2,1-5H3. The Balaban J connectivity index is 2.38. The van der Waals surface area contributed by atoms with Gasteiger partial charge in [0.25, 0.3) is 0 Å². The van der Waals surface area contributed by atoms with Gasteiger partial charge in [-0.1, -0.05) is 13.0 Å². The van der Waals surface area contributed by atoms with Gasteiger partial charge in [-0.05, 0) is 63.4 Å². The predicted molar refractivity (Wildman–Crippen MR) is 79.4 cm³/mol. The van der Waals surface area contributed by atoms with Crippen molar-refractivity contribution in [1.82, 2.24) is 5.32 Å². The summed E-state index contributed by atoms with van der Waals surface area (Å²) in [5.74, 6) is 0.688. The fourth-order valence-corrected chi connectivity index (χ4v) is 2.90. The minimum Gasteiger partial charge on any atom is -0.365 e. The Kier molecular flexibility index (Phi) is 3.67. The van der Waals surface area contributed by atoms with Gasteiger partial charge in [0.1, 0.15) is 0 Å². The largest absolute Gasteiger partial charge is 0.365 e. The molecule has 100 valence electrons. The quantitative estimate of drug-likeness (QED) is 0.819. The molecule has 0 saturated carbocycles. The van der Waals surface area contributed by atoms with Gasteiger partial charge in [0.2, 0.25) is 0 Å². The zero-order valence-electron chi connectivity index (χ0n) is 12.4. The van der Waals surface area contributed by atoms with Gasteiger partial charge in [-0.25, -0.2) is 0 Å². The van der Waals surface area contributed by atoms with E-state index in [1.165, 1.54) is 16.8 Å². The van der Waals surface area contributed by atoms with Crippen LogP contribution in [0.5, 0.6) is 0 Å². The van der Waals surface area contributed by atoms with Crippen molar-refractivity contribution in [3.05, 3.63) is 29.3 Å². The number of benzene rings is 1. The maximum absolute atomic E-state index is 3.57. The summed E-state index contributed by atoms with van der Waals surface area (Å²) in [6.07, 6.45) is 0. The fraction of sp³-hybridized carbons (Fsp3) is 0.625. The first-order chi connectivity index (χ1) is 8.38. The van der Waals surface area contributed by atoms with Gasteiger partial charge < -0.3 is 10.2 Å². The van der Waals surface area contributed by atoms with Crippen LogP contribution in [0, 0.1) is 19.8 Å². The Morgan fingerprint density at radius 3 is 2.39 bits per heavy atom. The first-order valence-corrected chi connectivity index (χ1v) is 6.95.